The fourth-order valence-corrected chi connectivity index (χ4v) is 11.1. The highest BCUT2D eigenvalue weighted by molar-refractivity contribution is 7.47. The number of nitrogens with two attached hydrogens (primary N) is 1. The Morgan fingerprint density at radius 3 is 0.794 bits per heavy atom. The van der Waals surface area contributed by atoms with Gasteiger partial charge in [-0.05, 0) is 141 Å². The van der Waals surface area contributed by atoms with Gasteiger partial charge in [0.25, 0.3) is 0 Å². The number of carbonyl (C=O) groups excluding carboxylic acids is 2. The van der Waals surface area contributed by atoms with Crippen LogP contribution in [0.25, 0.3) is 0 Å². The molecule has 0 aromatic rings. The summed E-state index contributed by atoms with van der Waals surface area (Å²) >= 11 is 0. The predicted molar refractivity (Wildman–Crippen MR) is 422 cm³/mol. The Hall–Kier alpha value is -5.15. The zero-order valence-corrected chi connectivity index (χ0v) is 62.6. The summed E-state index contributed by atoms with van der Waals surface area (Å²) in [4.78, 5) is 35.5. The number of phosphoric ester groups is 1. The van der Waals surface area contributed by atoms with Gasteiger partial charge < -0.3 is 20.1 Å². The van der Waals surface area contributed by atoms with Crippen molar-refractivity contribution in [3.63, 3.8) is 0 Å². The maximum atomic E-state index is 12.8. The molecule has 0 saturated carbocycles. The molecule has 2 unspecified atom stereocenters. The Morgan fingerprint density at radius 1 is 0.309 bits per heavy atom. The van der Waals surface area contributed by atoms with Gasteiger partial charge in [-0.25, -0.2) is 4.57 Å². The summed E-state index contributed by atoms with van der Waals surface area (Å²) in [7, 11) is -4.41. The van der Waals surface area contributed by atoms with Crippen molar-refractivity contribution in [2.24, 2.45) is 5.73 Å². The Morgan fingerprint density at radius 2 is 0.536 bits per heavy atom. The molecular weight excluding hydrogens is 1220 g/mol. The summed E-state index contributed by atoms with van der Waals surface area (Å²) in [6.07, 6.45) is 121. The van der Waals surface area contributed by atoms with Crippen molar-refractivity contribution in [3.8, 4) is 0 Å². The molecule has 2 atom stereocenters. The van der Waals surface area contributed by atoms with Gasteiger partial charge in [-0.15, -0.1) is 0 Å². The van der Waals surface area contributed by atoms with Crippen molar-refractivity contribution in [2.45, 2.75) is 315 Å². The SMILES string of the molecule is CC/C=C\C/C=C\C/C=C\C/C=C\C/C=C\C/C=C\C/C=C\C/C=C\C/C=C\CCCCCCCCCCCCCC(=O)OC(COC(=O)CCCCCCCCCCCCCCCCC/C=C\C/C=C\C/C=C\C/C=C\C/C=C\C/C=C\C/C=C\CC)COP(=O)(O)OCCN. The average Bonchev–Trinajstić information content (AvgIpc) is 2.88. The molecule has 0 heterocycles. The normalized spacial score (nSPS) is 14.0. The highest BCUT2D eigenvalue weighted by Gasteiger charge is 2.26. The summed E-state index contributed by atoms with van der Waals surface area (Å²) in [5, 5.41) is 0. The number of unbranched alkanes of at least 4 members (excludes halogenated alkanes) is 26. The van der Waals surface area contributed by atoms with Crippen LogP contribution in [-0.4, -0.2) is 49.3 Å². The minimum absolute atomic E-state index is 0.0453. The molecule has 0 radical (unpaired) electrons. The van der Waals surface area contributed by atoms with E-state index in [1.54, 1.807) is 0 Å². The van der Waals surface area contributed by atoms with Gasteiger partial charge >= 0.3 is 19.8 Å². The topological polar surface area (TPSA) is 134 Å². The zero-order chi connectivity index (χ0) is 70.0. The lowest BCUT2D eigenvalue weighted by molar-refractivity contribution is -0.161. The predicted octanol–water partition coefficient (Wildman–Crippen LogP) is 26.4. The maximum absolute atomic E-state index is 12.8. The van der Waals surface area contributed by atoms with E-state index in [-0.39, 0.29) is 38.6 Å². The molecule has 0 spiro atoms. The van der Waals surface area contributed by atoms with Crippen LogP contribution < -0.4 is 5.73 Å². The number of carbonyl (C=O) groups is 2. The maximum Gasteiger partial charge on any atom is 0.472 e. The molecule has 0 fully saturated rings. The number of hydrogen-bond donors (Lipinski definition) is 2. The molecule has 0 aliphatic heterocycles. The largest absolute Gasteiger partial charge is 0.472 e. The van der Waals surface area contributed by atoms with Crippen LogP contribution in [0.4, 0.5) is 0 Å². The average molecular weight is 1360 g/mol. The molecule has 0 aromatic heterocycles. The van der Waals surface area contributed by atoms with Crippen molar-refractivity contribution in [1.29, 1.82) is 0 Å². The van der Waals surface area contributed by atoms with Gasteiger partial charge in [0.1, 0.15) is 6.61 Å². The van der Waals surface area contributed by atoms with Crippen molar-refractivity contribution >= 4 is 19.8 Å². The first-order chi connectivity index (χ1) is 47.8. The van der Waals surface area contributed by atoms with Crippen LogP contribution >= 0.6 is 7.82 Å². The Balaban J connectivity index is 3.91. The molecule has 97 heavy (non-hydrogen) atoms. The number of rotatable bonds is 71. The zero-order valence-electron chi connectivity index (χ0n) is 61.7. The molecule has 0 rings (SSSR count). The second kappa shape index (κ2) is 79.8. The van der Waals surface area contributed by atoms with Crippen molar-refractivity contribution in [3.05, 3.63) is 194 Å². The molecular formula is C87H142NO8P. The van der Waals surface area contributed by atoms with E-state index in [4.69, 9.17) is 24.3 Å². The van der Waals surface area contributed by atoms with E-state index in [1.165, 1.54) is 128 Å². The van der Waals surface area contributed by atoms with E-state index in [0.717, 1.165) is 148 Å². The number of allylic oxidation sites excluding steroid dienone is 32. The van der Waals surface area contributed by atoms with E-state index >= 15 is 0 Å². The van der Waals surface area contributed by atoms with Gasteiger partial charge in [0.05, 0.1) is 13.2 Å². The van der Waals surface area contributed by atoms with Gasteiger partial charge in [-0.3, -0.25) is 18.6 Å². The van der Waals surface area contributed by atoms with Crippen LogP contribution in [0.1, 0.15) is 309 Å². The lowest BCUT2D eigenvalue weighted by atomic mass is 10.0. The lowest BCUT2D eigenvalue weighted by Crippen LogP contribution is -2.29. The van der Waals surface area contributed by atoms with E-state index in [1.807, 2.05) is 0 Å². The van der Waals surface area contributed by atoms with E-state index in [0.29, 0.717) is 6.42 Å². The number of hydrogen-bond acceptors (Lipinski definition) is 8. The third kappa shape index (κ3) is 79.7. The van der Waals surface area contributed by atoms with Crippen LogP contribution in [0.2, 0.25) is 0 Å². The van der Waals surface area contributed by atoms with E-state index in [2.05, 4.69) is 208 Å². The smallest absolute Gasteiger partial charge is 0.462 e. The van der Waals surface area contributed by atoms with Crippen LogP contribution in [0.15, 0.2) is 194 Å². The molecule has 0 aromatic carbocycles. The Kier molecular flexibility index (Phi) is 75.6. The fourth-order valence-electron chi connectivity index (χ4n) is 10.3. The molecule has 0 saturated heterocycles. The lowest BCUT2D eigenvalue weighted by Gasteiger charge is -2.19. The molecule has 0 aliphatic carbocycles. The quantitative estimate of drug-likeness (QED) is 0.0264. The standard InChI is InChI=1S/C87H142NO8P/c1-3-5-7-9-11-13-15-17-19-21-23-25-27-29-31-33-35-37-39-41-42-44-46-48-50-52-54-56-58-60-62-64-66-68-70-72-74-76-78-80-87(90)96-85(84-95-97(91,92)94-82-81-88)83-93-86(89)79-77-75-73-71-69-67-65-63-61-59-57-55-53-51-49-47-45-43-40-38-36-34-32-30-28-26-24-22-20-18-16-14-12-10-8-6-4-2/h5-8,11-14,17-20,23-26,29-32,35-38,41-43,45-46,48,52,54,85H,3-4,9-10,15-16,21-22,27-28,33-34,39-40,44,47,49-51,53,55-84,88H2,1-2H3,(H,91,92)/b7-5-,8-6-,13-11-,14-12-,19-17-,20-18-,25-23-,26-24-,31-29-,32-30-,37-35-,38-36-,42-41-,45-43-,48-46-,54-52-. The Labute approximate surface area is 596 Å². The highest BCUT2D eigenvalue weighted by Crippen LogP contribution is 2.43. The molecule has 9 nitrogen and oxygen atoms in total. The first-order valence-corrected chi connectivity index (χ1v) is 40.4. The first-order valence-electron chi connectivity index (χ1n) is 38.9. The monoisotopic (exact) mass is 1360 g/mol. The van der Waals surface area contributed by atoms with Gasteiger partial charge in [0, 0.05) is 19.4 Å². The molecule has 0 aliphatic rings. The third-order valence-corrected chi connectivity index (χ3v) is 17.0. The van der Waals surface area contributed by atoms with Crippen LogP contribution in [0.3, 0.4) is 0 Å². The summed E-state index contributed by atoms with van der Waals surface area (Å²) in [6.45, 7) is 3.52. The minimum Gasteiger partial charge on any atom is -0.462 e. The van der Waals surface area contributed by atoms with Crippen LogP contribution in [-0.2, 0) is 32.7 Å². The van der Waals surface area contributed by atoms with Crippen molar-refractivity contribution < 1.29 is 37.6 Å². The minimum atomic E-state index is -4.41. The van der Waals surface area contributed by atoms with Crippen molar-refractivity contribution in [2.75, 3.05) is 26.4 Å². The number of phosphoric acid groups is 1. The summed E-state index contributed by atoms with van der Waals surface area (Å²) in [6, 6.07) is 0. The summed E-state index contributed by atoms with van der Waals surface area (Å²) < 4.78 is 33.3. The second-order valence-corrected chi connectivity index (χ2v) is 26.6. The second-order valence-electron chi connectivity index (χ2n) is 25.1. The number of esters is 2. The van der Waals surface area contributed by atoms with Crippen LogP contribution in [0, 0.1) is 0 Å². The first kappa shape index (κ1) is 91.8. The fraction of sp³-hybridized carbons (Fsp3) is 0.609. The molecule has 10 heteroatoms. The summed E-state index contributed by atoms with van der Waals surface area (Å²) in [5.41, 5.74) is 5.41. The molecule has 0 bridgehead atoms. The van der Waals surface area contributed by atoms with Gasteiger partial charge in [0.2, 0.25) is 0 Å². The third-order valence-electron chi connectivity index (χ3n) is 16.0. The molecule has 3 N–H and O–H groups in total. The van der Waals surface area contributed by atoms with Gasteiger partial charge in [-0.2, -0.15) is 0 Å². The van der Waals surface area contributed by atoms with Gasteiger partial charge in [-0.1, -0.05) is 350 Å². The van der Waals surface area contributed by atoms with Crippen LogP contribution in [0.5, 0.6) is 0 Å². The molecule has 548 valence electrons. The van der Waals surface area contributed by atoms with E-state index < -0.39 is 26.5 Å². The van der Waals surface area contributed by atoms with Gasteiger partial charge in [0.15, 0.2) is 6.10 Å². The summed E-state index contributed by atoms with van der Waals surface area (Å²) in [5.74, 6) is -0.835. The number of ether oxygens (including phenoxy) is 2. The highest BCUT2D eigenvalue weighted by atomic mass is 31.2. The molecule has 0 amide bonds. The van der Waals surface area contributed by atoms with Crippen molar-refractivity contribution in [1.82, 2.24) is 0 Å². The van der Waals surface area contributed by atoms with E-state index in [9.17, 15) is 19.0 Å². The Bertz CT molecular complexity index is 2300.